The summed E-state index contributed by atoms with van der Waals surface area (Å²) in [5.74, 6) is 0.919. The van der Waals surface area contributed by atoms with Gasteiger partial charge in [-0.3, -0.25) is 0 Å². The molecule has 0 spiro atoms. The lowest BCUT2D eigenvalue weighted by Gasteiger charge is -2.04. The number of epoxide rings is 1. The van der Waals surface area contributed by atoms with Crippen LogP contribution in [0.1, 0.15) is 52.7 Å². The van der Waals surface area contributed by atoms with Crippen molar-refractivity contribution in [2.75, 3.05) is 13.2 Å². The third-order valence-electron chi connectivity index (χ3n) is 4.64. The van der Waals surface area contributed by atoms with Gasteiger partial charge < -0.3 is 9.47 Å². The van der Waals surface area contributed by atoms with Gasteiger partial charge in [0, 0.05) is 0 Å². The molecule has 1 saturated heterocycles. The van der Waals surface area contributed by atoms with E-state index in [1.807, 2.05) is 58.0 Å². The number of para-hydroxylation sites is 1. The van der Waals surface area contributed by atoms with Gasteiger partial charge in [0.1, 0.15) is 18.5 Å². The van der Waals surface area contributed by atoms with E-state index in [9.17, 15) is 0 Å². The molecule has 1 aliphatic heterocycles. The van der Waals surface area contributed by atoms with Crippen molar-refractivity contribution < 1.29 is 9.47 Å². The summed E-state index contributed by atoms with van der Waals surface area (Å²) in [6.07, 6.45) is 2.56. The van der Waals surface area contributed by atoms with Gasteiger partial charge in [0.2, 0.25) is 0 Å². The van der Waals surface area contributed by atoms with Crippen LogP contribution < -0.4 is 4.74 Å². The Kier molecular flexibility index (Phi) is 13.8. The first-order chi connectivity index (χ1) is 15.3. The first-order valence-electron chi connectivity index (χ1n) is 11.8. The largest absolute Gasteiger partial charge is 0.491 e. The minimum Gasteiger partial charge on any atom is -0.491 e. The van der Waals surface area contributed by atoms with Crippen LogP contribution in [0.5, 0.6) is 5.75 Å². The maximum Gasteiger partial charge on any atom is 0.119 e. The molecule has 0 amide bonds. The van der Waals surface area contributed by atoms with Crippen LogP contribution in [0.25, 0.3) is 11.1 Å². The molecule has 31 heavy (non-hydrogen) atoms. The van der Waals surface area contributed by atoms with E-state index in [4.69, 9.17) is 9.47 Å². The first-order valence-corrected chi connectivity index (χ1v) is 11.8. The molecule has 1 unspecified atom stereocenters. The molecule has 2 heteroatoms. The average molecular weight is 421 g/mol. The monoisotopic (exact) mass is 420 g/mol. The zero-order chi connectivity index (χ0) is 22.9. The normalized spacial score (nSPS) is 13.3. The highest BCUT2D eigenvalue weighted by molar-refractivity contribution is 5.63. The van der Waals surface area contributed by atoms with E-state index in [0.717, 1.165) is 25.2 Å². The predicted octanol–water partition coefficient (Wildman–Crippen LogP) is 8.00. The second-order valence-electron chi connectivity index (χ2n) is 6.68. The lowest BCUT2D eigenvalue weighted by molar-refractivity contribution is 0.263. The summed E-state index contributed by atoms with van der Waals surface area (Å²) < 4.78 is 10.4. The van der Waals surface area contributed by atoms with Crippen molar-refractivity contribution in [3.8, 4) is 16.9 Å². The summed E-state index contributed by atoms with van der Waals surface area (Å²) in [5.41, 5.74) is 5.41. The van der Waals surface area contributed by atoms with Gasteiger partial charge >= 0.3 is 0 Å². The Balaban J connectivity index is 0.000000279. The van der Waals surface area contributed by atoms with Crippen LogP contribution in [-0.2, 0) is 17.6 Å². The molecular formula is C29H40O2. The predicted molar refractivity (Wildman–Crippen MR) is 135 cm³/mol. The van der Waals surface area contributed by atoms with Gasteiger partial charge in [0.15, 0.2) is 0 Å². The molecule has 3 aromatic carbocycles. The second-order valence-corrected chi connectivity index (χ2v) is 6.68. The fraction of sp³-hybridized carbons (Fsp3) is 0.379. The number of aryl methyl sites for hydroxylation is 2. The Hall–Kier alpha value is -2.58. The Labute approximate surface area is 190 Å². The average Bonchev–Trinajstić information content (AvgIpc) is 3.71. The van der Waals surface area contributed by atoms with Crippen molar-refractivity contribution in [1.29, 1.82) is 0 Å². The van der Waals surface area contributed by atoms with Gasteiger partial charge in [0.05, 0.1) is 6.61 Å². The van der Waals surface area contributed by atoms with Gasteiger partial charge in [-0.1, -0.05) is 108 Å². The van der Waals surface area contributed by atoms with E-state index in [1.54, 1.807) is 0 Å². The minimum absolute atomic E-state index is 0.343. The minimum atomic E-state index is 0.343. The van der Waals surface area contributed by atoms with E-state index < -0.39 is 0 Å². The summed E-state index contributed by atoms with van der Waals surface area (Å²) in [7, 11) is 0. The molecule has 1 heterocycles. The summed E-state index contributed by atoms with van der Waals surface area (Å²) in [5, 5.41) is 0. The van der Waals surface area contributed by atoms with E-state index >= 15 is 0 Å². The van der Waals surface area contributed by atoms with Gasteiger partial charge in [-0.2, -0.15) is 0 Å². The quantitative estimate of drug-likeness (QED) is 0.377. The molecule has 4 rings (SSSR count). The van der Waals surface area contributed by atoms with Crippen LogP contribution in [0, 0.1) is 0 Å². The van der Waals surface area contributed by atoms with Crippen molar-refractivity contribution in [3.63, 3.8) is 0 Å². The number of rotatable bonds is 6. The zero-order valence-electron chi connectivity index (χ0n) is 20.2. The fourth-order valence-electron chi connectivity index (χ4n) is 2.74. The summed E-state index contributed by atoms with van der Waals surface area (Å²) in [4.78, 5) is 0. The van der Waals surface area contributed by atoms with Crippen molar-refractivity contribution in [3.05, 3.63) is 90.0 Å². The molecule has 0 aliphatic carbocycles. The maximum absolute atomic E-state index is 5.40. The molecule has 0 radical (unpaired) electrons. The molecule has 0 saturated carbocycles. The van der Waals surface area contributed by atoms with Gasteiger partial charge in [-0.15, -0.1) is 0 Å². The van der Waals surface area contributed by atoms with E-state index in [1.165, 1.54) is 22.3 Å². The number of hydrogen-bond donors (Lipinski definition) is 0. The Morgan fingerprint density at radius 2 is 1.10 bits per heavy atom. The SMILES string of the molecule is CC.CC.CCc1ccc(-c2ccc(CC)cc2)cc1.c1ccc(OCC2CO2)cc1. The van der Waals surface area contributed by atoms with E-state index in [-0.39, 0.29) is 0 Å². The molecule has 1 fully saturated rings. The highest BCUT2D eigenvalue weighted by Crippen LogP contribution is 2.20. The van der Waals surface area contributed by atoms with Crippen LogP contribution in [-0.4, -0.2) is 19.3 Å². The van der Waals surface area contributed by atoms with E-state index in [0.29, 0.717) is 12.7 Å². The molecule has 3 aromatic rings. The Bertz CT molecular complexity index is 743. The highest BCUT2D eigenvalue weighted by Gasteiger charge is 2.22. The van der Waals surface area contributed by atoms with Gasteiger partial charge in [-0.05, 0) is 47.2 Å². The van der Waals surface area contributed by atoms with Crippen LogP contribution in [0.15, 0.2) is 78.9 Å². The highest BCUT2D eigenvalue weighted by atomic mass is 16.6. The number of hydrogen-bond acceptors (Lipinski definition) is 2. The van der Waals surface area contributed by atoms with Crippen LogP contribution in [0.3, 0.4) is 0 Å². The topological polar surface area (TPSA) is 21.8 Å². The Morgan fingerprint density at radius 1 is 0.677 bits per heavy atom. The van der Waals surface area contributed by atoms with Crippen LogP contribution in [0.2, 0.25) is 0 Å². The molecule has 2 nitrogen and oxygen atoms in total. The van der Waals surface area contributed by atoms with Gasteiger partial charge in [-0.25, -0.2) is 0 Å². The maximum atomic E-state index is 5.40. The van der Waals surface area contributed by atoms with Crippen molar-refractivity contribution in [2.24, 2.45) is 0 Å². The smallest absolute Gasteiger partial charge is 0.119 e. The molecule has 168 valence electrons. The van der Waals surface area contributed by atoms with Crippen molar-refractivity contribution >= 4 is 0 Å². The second kappa shape index (κ2) is 16.2. The summed E-state index contributed by atoms with van der Waals surface area (Å²) >= 11 is 0. The molecule has 0 aromatic heterocycles. The third-order valence-corrected chi connectivity index (χ3v) is 4.64. The zero-order valence-corrected chi connectivity index (χ0v) is 20.2. The fourth-order valence-corrected chi connectivity index (χ4v) is 2.74. The number of ether oxygens (including phenoxy) is 2. The van der Waals surface area contributed by atoms with Crippen LogP contribution >= 0.6 is 0 Å². The number of benzene rings is 3. The third kappa shape index (κ3) is 10.3. The lowest BCUT2D eigenvalue weighted by atomic mass is 10.0. The Morgan fingerprint density at radius 3 is 1.45 bits per heavy atom. The first kappa shape index (κ1) is 26.5. The van der Waals surface area contributed by atoms with Crippen molar-refractivity contribution in [2.45, 2.75) is 60.5 Å². The lowest BCUT2D eigenvalue weighted by Crippen LogP contribution is -2.03. The van der Waals surface area contributed by atoms with Gasteiger partial charge in [0.25, 0.3) is 0 Å². The standard InChI is InChI=1S/C16H18.C9H10O2.2C2H6/c1-3-13-5-9-15(10-6-13)16-11-7-14(4-2)8-12-16;1-2-4-8(5-3-1)10-6-9-7-11-9;2*1-2/h5-12H,3-4H2,1-2H3;1-5,9H,6-7H2;2*1-2H3. The van der Waals surface area contributed by atoms with Crippen LogP contribution in [0.4, 0.5) is 0 Å². The molecule has 1 aliphatic rings. The summed E-state index contributed by atoms with van der Waals surface area (Å²) in [6.45, 7) is 13.9. The molecule has 1 atom stereocenters. The van der Waals surface area contributed by atoms with E-state index in [2.05, 4.69) is 62.4 Å². The molecule has 0 bridgehead atoms. The van der Waals surface area contributed by atoms with Crippen molar-refractivity contribution in [1.82, 2.24) is 0 Å². The summed E-state index contributed by atoms with van der Waals surface area (Å²) in [6, 6.07) is 27.5. The molecule has 0 N–H and O–H groups in total. The molecular weight excluding hydrogens is 380 g/mol.